The van der Waals surface area contributed by atoms with E-state index in [0.717, 1.165) is 22.6 Å². The summed E-state index contributed by atoms with van der Waals surface area (Å²) in [6.45, 7) is 7.23. The van der Waals surface area contributed by atoms with Crippen molar-refractivity contribution in [2.75, 3.05) is 18.6 Å². The van der Waals surface area contributed by atoms with Gasteiger partial charge in [-0.15, -0.1) is 5.10 Å². The van der Waals surface area contributed by atoms with Gasteiger partial charge in [-0.2, -0.15) is 0 Å². The van der Waals surface area contributed by atoms with Crippen LogP contribution in [0, 0.1) is 17.3 Å². The highest BCUT2D eigenvalue weighted by atomic mass is 16.5. The lowest BCUT2D eigenvalue weighted by Crippen LogP contribution is -2.25. The summed E-state index contributed by atoms with van der Waals surface area (Å²) in [5.74, 6) is 6.59. The van der Waals surface area contributed by atoms with Crippen LogP contribution < -0.4 is 15.4 Å². The van der Waals surface area contributed by atoms with Crippen LogP contribution >= 0.6 is 0 Å². The number of nitrogens with two attached hydrogens (primary N) is 1. The third-order valence-electron chi connectivity index (χ3n) is 4.79. The monoisotopic (exact) mass is 459 g/mol. The molecule has 0 saturated carbocycles. The fraction of sp³-hybridized carbons (Fsp3) is 0.308. The van der Waals surface area contributed by atoms with E-state index < -0.39 is 5.91 Å². The third-order valence-corrected chi connectivity index (χ3v) is 4.79. The Hall–Kier alpha value is -4.12. The van der Waals surface area contributed by atoms with E-state index in [-0.39, 0.29) is 17.1 Å². The summed E-state index contributed by atoms with van der Waals surface area (Å²) in [5, 5.41) is 3.94. The largest absolute Gasteiger partial charge is 0.491 e. The normalized spacial score (nSPS) is 12.8. The van der Waals surface area contributed by atoms with Crippen molar-refractivity contribution in [3.8, 4) is 17.6 Å². The Morgan fingerprint density at radius 1 is 1.18 bits per heavy atom. The standard InChI is InChI=1S/C16H19NO2.C10H10N4O/c1-16(2,3)9-7-12-5-6-14-13(11-12)17(4)15(18)8-10-19-14;11-9(15)10-12-7-14(13-10)6-8-4-2-1-3-5-8/h5-6,11H,8,10H2,1-4H3;1-5,7H,6H2,(H2,11,15). The minimum Gasteiger partial charge on any atom is -0.491 e. The summed E-state index contributed by atoms with van der Waals surface area (Å²) >= 11 is 0. The van der Waals surface area contributed by atoms with Gasteiger partial charge in [-0.3, -0.25) is 9.59 Å². The number of amides is 2. The fourth-order valence-corrected chi connectivity index (χ4v) is 3.04. The molecule has 0 radical (unpaired) electrons. The molecule has 0 aliphatic carbocycles. The minimum atomic E-state index is -0.609. The van der Waals surface area contributed by atoms with Gasteiger partial charge in [-0.05, 0) is 44.5 Å². The number of ether oxygens (including phenoxy) is 1. The third kappa shape index (κ3) is 6.94. The van der Waals surface area contributed by atoms with Crippen LogP contribution in [-0.4, -0.2) is 40.2 Å². The molecule has 1 aromatic heterocycles. The Bertz CT molecular complexity index is 1220. The number of carbonyl (C=O) groups excluding carboxylic acids is 2. The van der Waals surface area contributed by atoms with E-state index in [0.29, 0.717) is 19.6 Å². The van der Waals surface area contributed by atoms with Gasteiger partial charge in [0.2, 0.25) is 11.7 Å². The summed E-state index contributed by atoms with van der Waals surface area (Å²) < 4.78 is 7.16. The molecule has 1 aliphatic heterocycles. The Kier molecular flexibility index (Phi) is 7.69. The number of fused-ring (bicyclic) bond motifs is 1. The highest BCUT2D eigenvalue weighted by molar-refractivity contribution is 5.95. The summed E-state index contributed by atoms with van der Waals surface area (Å²) in [5.41, 5.74) is 7.80. The summed E-state index contributed by atoms with van der Waals surface area (Å²) in [7, 11) is 1.77. The zero-order chi connectivity index (χ0) is 24.7. The number of hydrogen-bond donors (Lipinski definition) is 1. The second kappa shape index (κ2) is 10.7. The minimum absolute atomic E-state index is 0.0367. The van der Waals surface area contributed by atoms with E-state index >= 15 is 0 Å². The van der Waals surface area contributed by atoms with Crippen molar-refractivity contribution in [2.45, 2.75) is 33.7 Å². The number of anilines is 1. The molecule has 2 N–H and O–H groups in total. The predicted molar refractivity (Wildman–Crippen MR) is 130 cm³/mol. The first-order valence-electron chi connectivity index (χ1n) is 10.9. The predicted octanol–water partition coefficient (Wildman–Crippen LogP) is 3.25. The fourth-order valence-electron chi connectivity index (χ4n) is 3.04. The highest BCUT2D eigenvalue weighted by Crippen LogP contribution is 2.31. The zero-order valence-corrected chi connectivity index (χ0v) is 19.9. The smallest absolute Gasteiger partial charge is 0.288 e. The van der Waals surface area contributed by atoms with Gasteiger partial charge in [0.15, 0.2) is 0 Å². The number of hydrogen-bond acceptors (Lipinski definition) is 5. The number of rotatable bonds is 3. The molecule has 2 amide bonds. The first kappa shape index (κ1) is 24.5. The second-order valence-corrected chi connectivity index (χ2v) is 8.85. The van der Waals surface area contributed by atoms with Crippen LogP contribution in [0.2, 0.25) is 0 Å². The lowest BCUT2D eigenvalue weighted by Gasteiger charge is -2.16. The molecule has 34 heavy (non-hydrogen) atoms. The summed E-state index contributed by atoms with van der Waals surface area (Å²) in [6.07, 6.45) is 1.90. The van der Waals surface area contributed by atoms with Crippen LogP contribution in [0.15, 0.2) is 54.9 Å². The molecular weight excluding hydrogens is 430 g/mol. The molecular formula is C26H29N5O3. The van der Waals surface area contributed by atoms with Gasteiger partial charge >= 0.3 is 0 Å². The van der Waals surface area contributed by atoms with Crippen LogP contribution in [0.4, 0.5) is 5.69 Å². The number of nitrogens with zero attached hydrogens (tertiary/aromatic N) is 4. The second-order valence-electron chi connectivity index (χ2n) is 8.85. The number of benzene rings is 2. The van der Waals surface area contributed by atoms with E-state index in [1.54, 1.807) is 16.6 Å². The molecule has 176 valence electrons. The Morgan fingerprint density at radius 3 is 2.56 bits per heavy atom. The molecule has 2 aromatic carbocycles. The average molecular weight is 460 g/mol. The van der Waals surface area contributed by atoms with Crippen molar-refractivity contribution >= 4 is 17.5 Å². The van der Waals surface area contributed by atoms with Gasteiger partial charge in [0.05, 0.1) is 25.3 Å². The molecule has 1 aliphatic rings. The van der Waals surface area contributed by atoms with Crippen LogP contribution in [-0.2, 0) is 11.3 Å². The van der Waals surface area contributed by atoms with Crippen molar-refractivity contribution in [3.05, 3.63) is 71.8 Å². The Balaban J connectivity index is 0.000000196. The SMILES string of the molecule is CN1C(=O)CCOc2ccc(C#CC(C)(C)C)cc21.NC(=O)c1ncn(Cc2ccccc2)n1. The van der Waals surface area contributed by atoms with E-state index in [1.165, 1.54) is 6.33 Å². The van der Waals surface area contributed by atoms with E-state index in [9.17, 15) is 9.59 Å². The van der Waals surface area contributed by atoms with Gasteiger partial charge in [-0.25, -0.2) is 9.67 Å². The molecule has 0 spiro atoms. The lowest BCUT2D eigenvalue weighted by atomic mass is 9.97. The van der Waals surface area contributed by atoms with Crippen LogP contribution in [0.3, 0.4) is 0 Å². The summed E-state index contributed by atoms with van der Waals surface area (Å²) in [4.78, 5) is 28.0. The Morgan fingerprint density at radius 2 is 1.91 bits per heavy atom. The van der Waals surface area contributed by atoms with E-state index in [1.807, 2.05) is 48.5 Å². The molecule has 8 heteroatoms. The van der Waals surface area contributed by atoms with Crippen molar-refractivity contribution in [1.29, 1.82) is 0 Å². The van der Waals surface area contributed by atoms with E-state index in [4.69, 9.17) is 10.5 Å². The van der Waals surface area contributed by atoms with Gasteiger partial charge in [0, 0.05) is 18.0 Å². The first-order chi connectivity index (χ1) is 16.1. The molecule has 2 heterocycles. The number of aromatic nitrogens is 3. The Labute approximate surface area is 199 Å². The van der Waals surface area contributed by atoms with Crippen LogP contribution in [0.1, 0.15) is 48.9 Å². The van der Waals surface area contributed by atoms with Crippen molar-refractivity contribution in [2.24, 2.45) is 11.1 Å². The first-order valence-corrected chi connectivity index (χ1v) is 10.9. The number of carbonyl (C=O) groups is 2. The average Bonchev–Trinajstić information content (AvgIpc) is 3.22. The maximum absolute atomic E-state index is 11.8. The quantitative estimate of drug-likeness (QED) is 0.606. The van der Waals surface area contributed by atoms with Crippen molar-refractivity contribution < 1.29 is 14.3 Å². The number of primary amides is 1. The van der Waals surface area contributed by atoms with E-state index in [2.05, 4.69) is 42.7 Å². The van der Waals surface area contributed by atoms with Crippen LogP contribution in [0.25, 0.3) is 0 Å². The van der Waals surface area contributed by atoms with Crippen LogP contribution in [0.5, 0.6) is 5.75 Å². The van der Waals surface area contributed by atoms with Crippen molar-refractivity contribution in [1.82, 2.24) is 14.8 Å². The summed E-state index contributed by atoms with van der Waals surface area (Å²) in [6, 6.07) is 15.5. The molecule has 4 rings (SSSR count). The van der Waals surface area contributed by atoms with Gasteiger partial charge in [-0.1, -0.05) is 42.2 Å². The molecule has 0 atom stereocenters. The molecule has 8 nitrogen and oxygen atoms in total. The van der Waals surface area contributed by atoms with Gasteiger partial charge in [0.1, 0.15) is 12.1 Å². The molecule has 0 bridgehead atoms. The maximum atomic E-state index is 11.8. The molecule has 3 aromatic rings. The topological polar surface area (TPSA) is 103 Å². The van der Waals surface area contributed by atoms with Gasteiger partial charge in [0.25, 0.3) is 5.91 Å². The maximum Gasteiger partial charge on any atom is 0.288 e. The molecule has 0 unspecified atom stereocenters. The van der Waals surface area contributed by atoms with Gasteiger partial charge < -0.3 is 15.4 Å². The highest BCUT2D eigenvalue weighted by Gasteiger charge is 2.20. The molecule has 0 saturated heterocycles. The van der Waals surface area contributed by atoms with Crippen molar-refractivity contribution in [3.63, 3.8) is 0 Å². The lowest BCUT2D eigenvalue weighted by molar-refractivity contribution is -0.118. The zero-order valence-electron chi connectivity index (χ0n) is 19.9. The molecule has 0 fully saturated rings.